The Kier molecular flexibility index (Phi) is 5.15. The standard InChI is InChI=1S/C12H14N4O5S/c1-3-20-10(18)7(11(19)21-4-2)22-12-14-8-6(5-13-16-8)9(17)15-12/h5,7H,3-4H2,1-2H3,(H2,13,14,15,16,17). The lowest BCUT2D eigenvalue weighted by Gasteiger charge is -2.13. The van der Waals surface area contributed by atoms with Gasteiger partial charge >= 0.3 is 11.9 Å². The molecular weight excluding hydrogens is 312 g/mol. The van der Waals surface area contributed by atoms with Gasteiger partial charge in [-0.2, -0.15) is 5.10 Å². The first kappa shape index (κ1) is 16.0. The maximum absolute atomic E-state index is 11.9. The summed E-state index contributed by atoms with van der Waals surface area (Å²) in [5.74, 6) is -1.50. The number of hydrogen-bond acceptors (Lipinski definition) is 8. The van der Waals surface area contributed by atoms with Crippen LogP contribution in [0.5, 0.6) is 0 Å². The number of rotatable bonds is 6. The summed E-state index contributed by atoms with van der Waals surface area (Å²) in [4.78, 5) is 42.2. The smallest absolute Gasteiger partial charge is 0.331 e. The Labute approximate surface area is 128 Å². The summed E-state index contributed by atoms with van der Waals surface area (Å²) in [6.45, 7) is 3.50. The molecule has 2 N–H and O–H groups in total. The van der Waals surface area contributed by atoms with E-state index in [4.69, 9.17) is 9.47 Å². The van der Waals surface area contributed by atoms with Crippen LogP contribution < -0.4 is 5.56 Å². The minimum Gasteiger partial charge on any atom is -0.465 e. The molecule has 0 saturated heterocycles. The average Bonchev–Trinajstić information content (AvgIpc) is 2.94. The zero-order chi connectivity index (χ0) is 16.1. The molecule has 0 aliphatic rings. The molecule has 0 atom stereocenters. The number of nitrogens with zero attached hydrogens (tertiary/aromatic N) is 2. The van der Waals surface area contributed by atoms with Crippen molar-refractivity contribution in [2.45, 2.75) is 24.3 Å². The van der Waals surface area contributed by atoms with Crippen LogP contribution in [-0.4, -0.2) is 50.6 Å². The van der Waals surface area contributed by atoms with Gasteiger partial charge < -0.3 is 14.5 Å². The van der Waals surface area contributed by atoms with E-state index in [9.17, 15) is 14.4 Å². The lowest BCUT2D eigenvalue weighted by molar-refractivity contribution is -0.152. The van der Waals surface area contributed by atoms with Crippen LogP contribution in [-0.2, 0) is 19.1 Å². The van der Waals surface area contributed by atoms with Gasteiger partial charge in [0.05, 0.1) is 19.4 Å². The van der Waals surface area contributed by atoms with E-state index in [1.807, 2.05) is 0 Å². The number of thioether (sulfide) groups is 1. The molecule has 0 saturated carbocycles. The van der Waals surface area contributed by atoms with Gasteiger partial charge in [-0.1, -0.05) is 11.8 Å². The molecular formula is C12H14N4O5S. The van der Waals surface area contributed by atoms with Crippen LogP contribution in [0.3, 0.4) is 0 Å². The Morgan fingerprint density at radius 1 is 1.27 bits per heavy atom. The quantitative estimate of drug-likeness (QED) is 0.334. The van der Waals surface area contributed by atoms with Gasteiger partial charge in [0.25, 0.3) is 5.56 Å². The van der Waals surface area contributed by atoms with E-state index in [-0.39, 0.29) is 29.4 Å². The molecule has 2 aromatic heterocycles. The number of carbonyl (C=O) groups is 2. The molecule has 9 nitrogen and oxygen atoms in total. The van der Waals surface area contributed by atoms with E-state index >= 15 is 0 Å². The fourth-order valence-electron chi connectivity index (χ4n) is 1.62. The molecule has 118 valence electrons. The second-order valence-electron chi connectivity index (χ2n) is 4.01. The van der Waals surface area contributed by atoms with Crippen LogP contribution in [0.1, 0.15) is 13.8 Å². The fourth-order valence-corrected chi connectivity index (χ4v) is 2.47. The SMILES string of the molecule is CCOC(=O)C(Sc1nc2[nH]ncc2c(=O)[nH]1)C(=O)OCC. The molecule has 0 bridgehead atoms. The third-order valence-electron chi connectivity index (χ3n) is 2.53. The topological polar surface area (TPSA) is 127 Å². The van der Waals surface area contributed by atoms with Crippen LogP contribution in [0.4, 0.5) is 0 Å². The van der Waals surface area contributed by atoms with Crippen LogP contribution in [0, 0.1) is 0 Å². The van der Waals surface area contributed by atoms with E-state index in [2.05, 4.69) is 20.2 Å². The van der Waals surface area contributed by atoms with E-state index < -0.39 is 22.7 Å². The summed E-state index contributed by atoms with van der Waals surface area (Å²) < 4.78 is 9.69. The van der Waals surface area contributed by atoms with Crippen LogP contribution in [0.25, 0.3) is 11.0 Å². The zero-order valence-electron chi connectivity index (χ0n) is 11.9. The Bertz CT molecular complexity index is 722. The monoisotopic (exact) mass is 326 g/mol. The molecule has 0 aliphatic heterocycles. The van der Waals surface area contributed by atoms with Gasteiger partial charge in [-0.25, -0.2) is 4.98 Å². The van der Waals surface area contributed by atoms with Crippen molar-refractivity contribution in [3.63, 3.8) is 0 Å². The van der Waals surface area contributed by atoms with Crippen molar-refractivity contribution in [2.24, 2.45) is 0 Å². The van der Waals surface area contributed by atoms with Crippen LogP contribution in [0.15, 0.2) is 16.1 Å². The number of nitrogens with one attached hydrogen (secondary N) is 2. The number of H-pyrrole nitrogens is 2. The number of fused-ring (bicyclic) bond motifs is 1. The minimum atomic E-state index is -1.26. The Balaban J connectivity index is 2.29. The van der Waals surface area contributed by atoms with Crippen molar-refractivity contribution in [3.05, 3.63) is 16.6 Å². The Morgan fingerprint density at radius 3 is 2.50 bits per heavy atom. The molecule has 0 fully saturated rings. The van der Waals surface area contributed by atoms with Crippen molar-refractivity contribution in [3.8, 4) is 0 Å². The first-order chi connectivity index (χ1) is 10.6. The molecule has 0 radical (unpaired) electrons. The van der Waals surface area contributed by atoms with Gasteiger partial charge in [0, 0.05) is 0 Å². The van der Waals surface area contributed by atoms with E-state index in [1.54, 1.807) is 13.8 Å². The normalized spacial score (nSPS) is 10.9. The summed E-state index contributed by atoms with van der Waals surface area (Å²) in [7, 11) is 0. The molecule has 0 spiro atoms. The summed E-state index contributed by atoms with van der Waals surface area (Å²) in [5, 5.41) is 5.38. The molecule has 2 rings (SSSR count). The number of esters is 2. The maximum atomic E-state index is 11.9. The van der Waals surface area contributed by atoms with Crippen molar-refractivity contribution in [2.75, 3.05) is 13.2 Å². The lowest BCUT2D eigenvalue weighted by atomic mass is 10.4. The second-order valence-corrected chi connectivity index (χ2v) is 5.10. The average molecular weight is 326 g/mol. The molecule has 2 heterocycles. The minimum absolute atomic E-state index is 0.0906. The van der Waals surface area contributed by atoms with E-state index in [0.717, 1.165) is 11.8 Å². The van der Waals surface area contributed by atoms with Gasteiger partial charge in [-0.3, -0.25) is 19.5 Å². The first-order valence-electron chi connectivity index (χ1n) is 6.50. The van der Waals surface area contributed by atoms with E-state index in [0.29, 0.717) is 0 Å². The van der Waals surface area contributed by atoms with Crippen molar-refractivity contribution < 1.29 is 19.1 Å². The number of hydrogen-bond donors (Lipinski definition) is 2. The maximum Gasteiger partial charge on any atom is 0.331 e. The highest BCUT2D eigenvalue weighted by Crippen LogP contribution is 2.22. The van der Waals surface area contributed by atoms with Crippen molar-refractivity contribution >= 4 is 34.7 Å². The molecule has 22 heavy (non-hydrogen) atoms. The van der Waals surface area contributed by atoms with Gasteiger partial charge in [-0.05, 0) is 13.8 Å². The largest absolute Gasteiger partial charge is 0.465 e. The highest BCUT2D eigenvalue weighted by atomic mass is 32.2. The number of carbonyl (C=O) groups excluding carboxylic acids is 2. The highest BCUT2D eigenvalue weighted by molar-refractivity contribution is 8.01. The highest BCUT2D eigenvalue weighted by Gasteiger charge is 2.32. The number of ether oxygens (including phenoxy) is 2. The fraction of sp³-hybridized carbons (Fsp3) is 0.417. The predicted octanol–water partition coefficient (Wildman–Crippen LogP) is 0.233. The molecule has 0 unspecified atom stereocenters. The predicted molar refractivity (Wildman–Crippen MR) is 77.4 cm³/mol. The van der Waals surface area contributed by atoms with Gasteiger partial charge in [0.15, 0.2) is 10.8 Å². The molecule has 2 aromatic rings. The van der Waals surface area contributed by atoms with Gasteiger partial charge in [0.2, 0.25) is 5.25 Å². The molecule has 0 amide bonds. The molecule has 0 aliphatic carbocycles. The first-order valence-corrected chi connectivity index (χ1v) is 7.38. The third kappa shape index (κ3) is 3.45. The molecule has 10 heteroatoms. The summed E-state index contributed by atoms with van der Waals surface area (Å²) in [5.41, 5.74) is -0.162. The summed E-state index contributed by atoms with van der Waals surface area (Å²) >= 11 is 0.754. The Morgan fingerprint density at radius 2 is 1.91 bits per heavy atom. The lowest BCUT2D eigenvalue weighted by Crippen LogP contribution is -2.31. The number of aromatic nitrogens is 4. The second kappa shape index (κ2) is 7.07. The Hall–Kier alpha value is -2.36. The summed E-state index contributed by atoms with van der Waals surface area (Å²) in [6.07, 6.45) is 1.34. The number of aromatic amines is 2. The van der Waals surface area contributed by atoms with Crippen molar-refractivity contribution in [1.82, 2.24) is 20.2 Å². The van der Waals surface area contributed by atoms with Gasteiger partial charge in [-0.15, -0.1) is 0 Å². The third-order valence-corrected chi connectivity index (χ3v) is 3.57. The zero-order valence-corrected chi connectivity index (χ0v) is 12.7. The van der Waals surface area contributed by atoms with E-state index in [1.165, 1.54) is 6.20 Å². The van der Waals surface area contributed by atoms with Crippen LogP contribution >= 0.6 is 11.8 Å². The van der Waals surface area contributed by atoms with Gasteiger partial charge in [0.1, 0.15) is 5.39 Å². The molecule has 0 aromatic carbocycles. The van der Waals surface area contributed by atoms with Crippen molar-refractivity contribution in [1.29, 1.82) is 0 Å². The summed E-state index contributed by atoms with van der Waals surface area (Å²) in [6, 6.07) is 0. The van der Waals surface area contributed by atoms with Crippen LogP contribution in [0.2, 0.25) is 0 Å².